The molecule has 2 atom stereocenters. The maximum Gasteiger partial charge on any atom is 0.322 e. The monoisotopic (exact) mass is 342 g/mol. The highest BCUT2D eigenvalue weighted by Crippen LogP contribution is 2.26. The lowest BCUT2D eigenvalue weighted by Gasteiger charge is -2.22. The van der Waals surface area contributed by atoms with Crippen LogP contribution in [0.3, 0.4) is 0 Å². The molecular formula is C14H18N2O6S. The van der Waals surface area contributed by atoms with Crippen LogP contribution in [0.25, 0.3) is 0 Å². The van der Waals surface area contributed by atoms with Gasteiger partial charge in [-0.3, -0.25) is 9.59 Å². The quantitative estimate of drug-likeness (QED) is 0.651. The Morgan fingerprint density at radius 3 is 2.48 bits per heavy atom. The molecule has 1 unspecified atom stereocenters. The van der Waals surface area contributed by atoms with Gasteiger partial charge in [-0.2, -0.15) is 4.31 Å². The fourth-order valence-corrected chi connectivity index (χ4v) is 4.05. The van der Waals surface area contributed by atoms with E-state index in [9.17, 15) is 23.1 Å². The number of β-amino-alcohol motifs (C(OH)–C–C–N with tert-alkyl or cyclic N) is 1. The molecule has 0 aliphatic carbocycles. The fourth-order valence-electron chi connectivity index (χ4n) is 2.41. The highest BCUT2D eigenvalue weighted by molar-refractivity contribution is 7.89. The SMILES string of the molecule is Cc1ccc(S(=O)(=O)N2CC(O)C[C@H]2C(=O)NCC(=O)O)cc1. The van der Waals surface area contributed by atoms with Gasteiger partial charge in [0.2, 0.25) is 15.9 Å². The summed E-state index contributed by atoms with van der Waals surface area (Å²) in [5.41, 5.74) is 0.890. The molecule has 8 nitrogen and oxygen atoms in total. The molecule has 1 amide bonds. The van der Waals surface area contributed by atoms with Crippen LogP contribution in [-0.4, -0.2) is 60.0 Å². The van der Waals surface area contributed by atoms with Crippen LogP contribution in [0.1, 0.15) is 12.0 Å². The van der Waals surface area contributed by atoms with E-state index >= 15 is 0 Å². The normalized spacial score (nSPS) is 22.0. The number of aliphatic hydroxyl groups excluding tert-OH is 1. The first-order valence-corrected chi connectivity index (χ1v) is 8.42. The van der Waals surface area contributed by atoms with Gasteiger partial charge in [0.05, 0.1) is 11.0 Å². The first-order valence-electron chi connectivity index (χ1n) is 6.98. The summed E-state index contributed by atoms with van der Waals surface area (Å²) in [5.74, 6) is -1.97. The van der Waals surface area contributed by atoms with Crippen molar-refractivity contribution < 1.29 is 28.2 Å². The number of aliphatic carboxylic acids is 1. The Kier molecular flexibility index (Phi) is 5.03. The van der Waals surface area contributed by atoms with Crippen molar-refractivity contribution >= 4 is 21.9 Å². The van der Waals surface area contributed by atoms with Crippen LogP contribution in [0.2, 0.25) is 0 Å². The summed E-state index contributed by atoms with van der Waals surface area (Å²) < 4.78 is 26.2. The van der Waals surface area contributed by atoms with Crippen LogP contribution >= 0.6 is 0 Å². The van der Waals surface area contributed by atoms with Crippen LogP contribution in [0.4, 0.5) is 0 Å². The molecule has 2 rings (SSSR count). The third-order valence-corrected chi connectivity index (χ3v) is 5.47. The summed E-state index contributed by atoms with van der Waals surface area (Å²) in [4.78, 5) is 22.6. The maximum absolute atomic E-state index is 12.7. The molecule has 1 aliphatic rings. The van der Waals surface area contributed by atoms with E-state index < -0.39 is 40.6 Å². The second-order valence-corrected chi connectivity index (χ2v) is 7.30. The number of hydrogen-bond acceptors (Lipinski definition) is 5. The molecule has 1 aliphatic heterocycles. The molecular weight excluding hydrogens is 324 g/mol. The number of rotatable bonds is 5. The number of carbonyl (C=O) groups is 2. The molecule has 126 valence electrons. The van der Waals surface area contributed by atoms with Gasteiger partial charge in [-0.15, -0.1) is 0 Å². The third kappa shape index (κ3) is 3.87. The molecule has 1 aromatic carbocycles. The second-order valence-electron chi connectivity index (χ2n) is 5.40. The number of aliphatic hydroxyl groups is 1. The third-order valence-electron chi connectivity index (χ3n) is 3.58. The molecule has 1 aromatic rings. The number of benzene rings is 1. The molecule has 0 spiro atoms. The average molecular weight is 342 g/mol. The zero-order valence-electron chi connectivity index (χ0n) is 12.5. The fraction of sp³-hybridized carbons (Fsp3) is 0.429. The lowest BCUT2D eigenvalue weighted by Crippen LogP contribution is -2.46. The number of nitrogens with zero attached hydrogens (tertiary/aromatic N) is 1. The molecule has 0 radical (unpaired) electrons. The van der Waals surface area contributed by atoms with E-state index in [4.69, 9.17) is 5.11 Å². The van der Waals surface area contributed by atoms with Crippen molar-refractivity contribution in [2.45, 2.75) is 30.4 Å². The van der Waals surface area contributed by atoms with Gasteiger partial charge in [0.15, 0.2) is 0 Å². The number of carbonyl (C=O) groups excluding carboxylic acids is 1. The minimum absolute atomic E-state index is 0.0215. The van der Waals surface area contributed by atoms with Gasteiger partial charge in [-0.1, -0.05) is 17.7 Å². The van der Waals surface area contributed by atoms with E-state index in [0.717, 1.165) is 9.87 Å². The molecule has 0 saturated carbocycles. The molecule has 0 bridgehead atoms. The van der Waals surface area contributed by atoms with Crippen LogP contribution in [-0.2, 0) is 19.6 Å². The first kappa shape index (κ1) is 17.4. The summed E-state index contributed by atoms with van der Waals surface area (Å²) in [6, 6.07) is 5.01. The predicted octanol–water partition coefficient (Wildman–Crippen LogP) is -0.680. The predicted molar refractivity (Wildman–Crippen MR) is 80.1 cm³/mol. The summed E-state index contributed by atoms with van der Waals surface area (Å²) in [7, 11) is -3.96. The summed E-state index contributed by atoms with van der Waals surface area (Å²) in [6.07, 6.45) is -1.05. The molecule has 3 N–H and O–H groups in total. The van der Waals surface area contributed by atoms with E-state index in [0.29, 0.717) is 0 Å². The second kappa shape index (κ2) is 6.65. The van der Waals surface area contributed by atoms with Gasteiger partial charge in [0, 0.05) is 13.0 Å². The summed E-state index contributed by atoms with van der Waals surface area (Å²) in [5, 5.41) is 20.5. The number of carboxylic acid groups (broad SMARTS) is 1. The Hall–Kier alpha value is -1.97. The first-order chi connectivity index (χ1) is 10.7. The van der Waals surface area contributed by atoms with Crippen molar-refractivity contribution in [2.75, 3.05) is 13.1 Å². The summed E-state index contributed by atoms with van der Waals surface area (Å²) in [6.45, 7) is 1.00. The highest BCUT2D eigenvalue weighted by atomic mass is 32.2. The summed E-state index contributed by atoms with van der Waals surface area (Å²) >= 11 is 0. The minimum Gasteiger partial charge on any atom is -0.480 e. The minimum atomic E-state index is -3.96. The molecule has 23 heavy (non-hydrogen) atoms. The topological polar surface area (TPSA) is 124 Å². The Bertz CT molecular complexity index is 700. The molecule has 1 heterocycles. The maximum atomic E-state index is 12.7. The smallest absolute Gasteiger partial charge is 0.322 e. The van der Waals surface area contributed by atoms with Crippen molar-refractivity contribution in [3.05, 3.63) is 29.8 Å². The van der Waals surface area contributed by atoms with Crippen LogP contribution in [0.15, 0.2) is 29.2 Å². The lowest BCUT2D eigenvalue weighted by molar-refractivity contribution is -0.138. The number of hydrogen-bond donors (Lipinski definition) is 3. The van der Waals surface area contributed by atoms with Gasteiger partial charge < -0.3 is 15.5 Å². The van der Waals surface area contributed by atoms with Gasteiger partial charge in [0.25, 0.3) is 0 Å². The van der Waals surface area contributed by atoms with Gasteiger partial charge in [-0.05, 0) is 19.1 Å². The largest absolute Gasteiger partial charge is 0.480 e. The van der Waals surface area contributed by atoms with Gasteiger partial charge in [0.1, 0.15) is 12.6 Å². The zero-order chi connectivity index (χ0) is 17.2. The van der Waals surface area contributed by atoms with Crippen LogP contribution in [0.5, 0.6) is 0 Å². The van der Waals surface area contributed by atoms with Crippen molar-refractivity contribution in [3.63, 3.8) is 0 Å². The van der Waals surface area contributed by atoms with Crippen molar-refractivity contribution in [3.8, 4) is 0 Å². The number of amides is 1. The van der Waals surface area contributed by atoms with Crippen molar-refractivity contribution in [1.29, 1.82) is 0 Å². The van der Waals surface area contributed by atoms with E-state index in [1.807, 2.05) is 6.92 Å². The molecule has 1 fully saturated rings. The Balaban J connectivity index is 2.25. The van der Waals surface area contributed by atoms with Crippen molar-refractivity contribution in [2.24, 2.45) is 0 Å². The molecule has 0 aromatic heterocycles. The Morgan fingerprint density at radius 1 is 1.30 bits per heavy atom. The average Bonchev–Trinajstić information content (AvgIpc) is 2.88. The standard InChI is InChI=1S/C14H18N2O6S/c1-9-2-4-11(5-3-9)23(21,22)16-8-10(17)6-12(16)14(20)15-7-13(18)19/h2-5,10,12,17H,6-8H2,1H3,(H,15,20)(H,18,19)/t10?,12-/m0/s1. The van der Waals surface area contributed by atoms with Crippen LogP contribution < -0.4 is 5.32 Å². The Morgan fingerprint density at radius 2 is 1.91 bits per heavy atom. The number of sulfonamides is 1. The number of nitrogens with one attached hydrogen (secondary N) is 1. The lowest BCUT2D eigenvalue weighted by atomic mass is 10.2. The zero-order valence-corrected chi connectivity index (χ0v) is 13.3. The van der Waals surface area contributed by atoms with E-state index in [1.165, 1.54) is 12.1 Å². The van der Waals surface area contributed by atoms with E-state index in [-0.39, 0.29) is 17.9 Å². The van der Waals surface area contributed by atoms with Gasteiger partial charge in [-0.25, -0.2) is 8.42 Å². The Labute approximate surface area is 133 Å². The van der Waals surface area contributed by atoms with Gasteiger partial charge >= 0.3 is 5.97 Å². The number of carboxylic acids is 1. The van der Waals surface area contributed by atoms with E-state index in [1.54, 1.807) is 12.1 Å². The van der Waals surface area contributed by atoms with Crippen LogP contribution in [0, 0.1) is 6.92 Å². The number of aryl methyl sites for hydroxylation is 1. The molecule has 1 saturated heterocycles. The molecule has 9 heteroatoms. The highest BCUT2D eigenvalue weighted by Gasteiger charge is 2.43. The van der Waals surface area contributed by atoms with E-state index in [2.05, 4.69) is 5.32 Å². The van der Waals surface area contributed by atoms with Crippen molar-refractivity contribution in [1.82, 2.24) is 9.62 Å².